The van der Waals surface area contributed by atoms with Crippen molar-refractivity contribution in [2.75, 3.05) is 32.2 Å². The second kappa shape index (κ2) is 11.8. The lowest BCUT2D eigenvalue weighted by atomic mass is 9.86. The van der Waals surface area contributed by atoms with Gasteiger partial charge in [-0.05, 0) is 77.9 Å². The number of amides is 1. The summed E-state index contributed by atoms with van der Waals surface area (Å²) in [6, 6.07) is 23.7. The van der Waals surface area contributed by atoms with E-state index in [0.717, 1.165) is 66.3 Å². The largest absolute Gasteiger partial charge is 0.493 e. The zero-order valence-electron chi connectivity index (χ0n) is 23.6. The molecule has 1 amide bonds. The van der Waals surface area contributed by atoms with Crippen LogP contribution in [-0.2, 0) is 21.5 Å². The highest BCUT2D eigenvalue weighted by atomic mass is 16.5. The van der Waals surface area contributed by atoms with Gasteiger partial charge in [0.2, 0.25) is 0 Å². The van der Waals surface area contributed by atoms with Gasteiger partial charge in [0, 0.05) is 49.0 Å². The number of hydrogen-bond acceptors (Lipinski definition) is 4. The molecule has 0 saturated carbocycles. The fourth-order valence-electron chi connectivity index (χ4n) is 5.29. The van der Waals surface area contributed by atoms with Crippen LogP contribution >= 0.6 is 0 Å². The third kappa shape index (κ3) is 6.78. The fourth-order valence-corrected chi connectivity index (χ4v) is 5.29. The number of carbonyl (C=O) groups excluding carboxylic acids is 1. The van der Waals surface area contributed by atoms with E-state index < -0.39 is 0 Å². The van der Waals surface area contributed by atoms with E-state index in [4.69, 9.17) is 9.47 Å². The van der Waals surface area contributed by atoms with Crippen molar-refractivity contribution < 1.29 is 14.3 Å². The molecule has 39 heavy (non-hydrogen) atoms. The summed E-state index contributed by atoms with van der Waals surface area (Å²) in [6.07, 6.45) is 4.70. The molecule has 5 heteroatoms. The summed E-state index contributed by atoms with van der Waals surface area (Å²) in [6.45, 7) is 9.72. The van der Waals surface area contributed by atoms with Gasteiger partial charge in [-0.15, -0.1) is 0 Å². The van der Waals surface area contributed by atoms with E-state index in [-0.39, 0.29) is 11.3 Å². The van der Waals surface area contributed by atoms with Crippen LogP contribution < -0.4 is 10.1 Å². The normalized spacial score (nSPS) is 16.2. The maximum Gasteiger partial charge on any atom is 0.251 e. The lowest BCUT2D eigenvalue weighted by Crippen LogP contribution is -2.36. The Morgan fingerprint density at radius 1 is 0.923 bits per heavy atom. The Labute approximate surface area is 232 Å². The summed E-state index contributed by atoms with van der Waals surface area (Å²) in [5.74, 6) is 0.726. The molecular weight excluding hydrogens is 484 g/mol. The average Bonchev–Trinajstić information content (AvgIpc) is 3.16. The molecule has 3 aromatic rings. The molecule has 0 unspecified atom stereocenters. The van der Waals surface area contributed by atoms with Crippen molar-refractivity contribution in [1.82, 2.24) is 4.90 Å². The van der Waals surface area contributed by atoms with E-state index in [1.54, 1.807) is 0 Å². The minimum absolute atomic E-state index is 0.0848. The van der Waals surface area contributed by atoms with Gasteiger partial charge in [0.15, 0.2) is 0 Å². The average molecular weight is 525 g/mol. The maximum absolute atomic E-state index is 13.2. The molecule has 5 nitrogen and oxygen atoms in total. The first-order valence-corrected chi connectivity index (χ1v) is 14.0. The number of fused-ring (bicyclic) bond motifs is 1. The van der Waals surface area contributed by atoms with E-state index in [1.165, 1.54) is 11.1 Å². The summed E-state index contributed by atoms with van der Waals surface area (Å²) >= 11 is 0. The molecule has 0 atom stereocenters. The third-order valence-corrected chi connectivity index (χ3v) is 7.80. The van der Waals surface area contributed by atoms with Gasteiger partial charge in [-0.25, -0.2) is 0 Å². The summed E-state index contributed by atoms with van der Waals surface area (Å²) in [5.41, 5.74) is 7.38. The molecule has 1 N–H and O–H groups in total. The summed E-state index contributed by atoms with van der Waals surface area (Å²) in [5, 5.41) is 3.09. The van der Waals surface area contributed by atoms with Crippen molar-refractivity contribution in [2.24, 2.45) is 0 Å². The minimum atomic E-state index is -0.0848. The minimum Gasteiger partial charge on any atom is -0.493 e. The van der Waals surface area contributed by atoms with Crippen molar-refractivity contribution in [2.45, 2.75) is 58.0 Å². The van der Waals surface area contributed by atoms with Gasteiger partial charge in [-0.3, -0.25) is 9.69 Å². The van der Waals surface area contributed by atoms with Gasteiger partial charge in [0.05, 0.1) is 6.61 Å². The molecule has 0 aliphatic carbocycles. The lowest BCUT2D eigenvalue weighted by molar-refractivity contribution is -0.113. The lowest BCUT2D eigenvalue weighted by Gasteiger charge is -2.31. The number of anilines is 1. The summed E-state index contributed by atoms with van der Waals surface area (Å²) in [4.78, 5) is 15.6. The van der Waals surface area contributed by atoms with Crippen LogP contribution in [0.15, 0.2) is 72.3 Å². The number of rotatable bonds is 6. The number of benzene rings is 3. The number of nitrogens with zero attached hydrogens (tertiary/aromatic N) is 1. The van der Waals surface area contributed by atoms with Crippen LogP contribution in [0, 0.1) is 0 Å². The van der Waals surface area contributed by atoms with Crippen molar-refractivity contribution >= 4 is 17.7 Å². The van der Waals surface area contributed by atoms with E-state index in [1.807, 2.05) is 24.3 Å². The van der Waals surface area contributed by atoms with Gasteiger partial charge >= 0.3 is 0 Å². The van der Waals surface area contributed by atoms with Crippen LogP contribution in [0.2, 0.25) is 0 Å². The molecule has 204 valence electrons. The van der Waals surface area contributed by atoms with Gasteiger partial charge in [0.25, 0.3) is 5.91 Å². The van der Waals surface area contributed by atoms with Crippen molar-refractivity contribution in [1.29, 1.82) is 0 Å². The van der Waals surface area contributed by atoms with Crippen LogP contribution in [0.5, 0.6) is 5.75 Å². The molecule has 2 heterocycles. The Kier molecular flexibility index (Phi) is 8.20. The third-order valence-electron chi connectivity index (χ3n) is 7.80. The Morgan fingerprint density at radius 3 is 2.31 bits per heavy atom. The molecule has 0 spiro atoms. The zero-order valence-corrected chi connectivity index (χ0v) is 23.6. The molecular formula is C34H40N2O3. The molecule has 0 radical (unpaired) electrons. The maximum atomic E-state index is 13.2. The predicted molar refractivity (Wildman–Crippen MR) is 159 cm³/mol. The molecule has 0 aromatic heterocycles. The topological polar surface area (TPSA) is 50.8 Å². The van der Waals surface area contributed by atoms with Gasteiger partial charge < -0.3 is 14.8 Å². The highest BCUT2D eigenvalue weighted by Crippen LogP contribution is 2.32. The molecule has 1 saturated heterocycles. The van der Waals surface area contributed by atoms with E-state index >= 15 is 0 Å². The van der Waals surface area contributed by atoms with E-state index in [2.05, 4.69) is 86.6 Å². The molecule has 5 rings (SSSR count). The number of ether oxygens (including phenoxy) is 2. The Morgan fingerprint density at radius 2 is 1.62 bits per heavy atom. The number of nitrogens with one attached hydrogen (secondary N) is 1. The van der Waals surface area contributed by atoms with Crippen LogP contribution in [0.1, 0.15) is 56.7 Å². The van der Waals surface area contributed by atoms with Gasteiger partial charge in [-0.2, -0.15) is 0 Å². The molecule has 3 aromatic carbocycles. The smallest absolute Gasteiger partial charge is 0.251 e. The first-order chi connectivity index (χ1) is 18.8. The van der Waals surface area contributed by atoms with Crippen LogP contribution in [0.4, 0.5) is 5.69 Å². The quantitative estimate of drug-likeness (QED) is 0.375. The Bertz CT molecular complexity index is 1310. The highest BCUT2D eigenvalue weighted by Gasteiger charge is 2.19. The first-order valence-electron chi connectivity index (χ1n) is 14.0. The monoisotopic (exact) mass is 524 g/mol. The van der Waals surface area contributed by atoms with Crippen LogP contribution in [0.3, 0.4) is 0 Å². The first kappa shape index (κ1) is 27.2. The summed E-state index contributed by atoms with van der Waals surface area (Å²) in [7, 11) is 2.18. The van der Waals surface area contributed by atoms with Crippen molar-refractivity contribution in [3.63, 3.8) is 0 Å². The molecule has 1 fully saturated rings. The molecule has 2 aliphatic rings. The summed E-state index contributed by atoms with van der Waals surface area (Å²) < 4.78 is 11.5. The second-order valence-corrected chi connectivity index (χ2v) is 11.8. The molecule has 0 bridgehead atoms. The Hall–Kier alpha value is -3.41. The highest BCUT2D eigenvalue weighted by molar-refractivity contribution is 6.07. The van der Waals surface area contributed by atoms with Crippen LogP contribution in [-0.4, -0.2) is 43.7 Å². The second-order valence-electron chi connectivity index (χ2n) is 11.8. The fraction of sp³-hybridized carbons (Fsp3) is 0.382. The van der Waals surface area contributed by atoms with Gasteiger partial charge in [-0.1, -0.05) is 63.2 Å². The Balaban J connectivity index is 1.27. The number of hydrogen-bond donors (Lipinski definition) is 1. The van der Waals surface area contributed by atoms with Crippen molar-refractivity contribution in [3.8, 4) is 16.9 Å². The zero-order chi connectivity index (χ0) is 27.4. The molecule has 2 aliphatic heterocycles. The van der Waals surface area contributed by atoms with E-state index in [0.29, 0.717) is 19.1 Å². The van der Waals surface area contributed by atoms with Gasteiger partial charge in [0.1, 0.15) is 5.75 Å². The SMILES string of the molecule is CN(Cc1ccc(NC(=O)C2=Cc3cc(-c4ccc(C(C)(C)C)cc4)ccc3OCC2)cc1)C1CCOCC1. The number of carbonyl (C=O) groups is 1. The van der Waals surface area contributed by atoms with E-state index in [9.17, 15) is 4.79 Å². The van der Waals surface area contributed by atoms with Crippen molar-refractivity contribution in [3.05, 3.63) is 89.0 Å². The van der Waals surface area contributed by atoms with Crippen LogP contribution in [0.25, 0.3) is 17.2 Å². The predicted octanol–water partition coefficient (Wildman–Crippen LogP) is 7.07. The standard InChI is InChI=1S/C34H40N2O3/c1-34(2,3)29-10-7-25(8-11-29)26-9-14-32-28(21-26)22-27(15-20-39-32)33(37)35-30-12-5-24(6-13-30)23-36(4)31-16-18-38-19-17-31/h5-14,21-22,31H,15-20,23H2,1-4H3,(H,35,37).